The molecule has 0 unspecified atom stereocenters. The number of anilines is 1. The van der Waals surface area contributed by atoms with Gasteiger partial charge in [-0.1, -0.05) is 31.1 Å². The lowest BCUT2D eigenvalue weighted by atomic mass is 9.96. The molecule has 4 rings (SSSR count). The first-order valence-electron chi connectivity index (χ1n) is 9.32. The molecule has 1 aromatic carbocycles. The number of amides is 1. The van der Waals surface area contributed by atoms with Crippen molar-refractivity contribution in [3.63, 3.8) is 0 Å². The second-order valence-corrected chi connectivity index (χ2v) is 9.01. The zero-order valence-electron chi connectivity index (χ0n) is 15.8. The summed E-state index contributed by atoms with van der Waals surface area (Å²) in [5.74, 6) is 0.347. The molecular weight excluding hydrogens is 380 g/mol. The molecule has 1 amide bonds. The van der Waals surface area contributed by atoms with Gasteiger partial charge in [0.2, 0.25) is 5.76 Å². The van der Waals surface area contributed by atoms with Crippen LogP contribution in [-0.2, 0) is 10.0 Å². The number of hydrogen-bond donors (Lipinski definition) is 1. The van der Waals surface area contributed by atoms with Crippen molar-refractivity contribution in [2.45, 2.75) is 37.5 Å². The number of para-hydroxylation sites is 1. The number of amidine groups is 1. The highest BCUT2D eigenvalue weighted by Gasteiger charge is 2.33. The third kappa shape index (κ3) is 3.42. The van der Waals surface area contributed by atoms with Gasteiger partial charge in [0.05, 0.1) is 11.4 Å². The summed E-state index contributed by atoms with van der Waals surface area (Å²) >= 11 is 0. The normalized spacial score (nSPS) is 21.0. The van der Waals surface area contributed by atoms with E-state index < -0.39 is 10.0 Å². The number of rotatable bonds is 3. The quantitative estimate of drug-likeness (QED) is 0.846. The number of sulfonamides is 1. The van der Waals surface area contributed by atoms with Gasteiger partial charge in [-0.3, -0.25) is 4.79 Å². The second-order valence-electron chi connectivity index (χ2n) is 7.43. The number of aromatic nitrogens is 1. The molecule has 0 saturated carbocycles. The topological polar surface area (TPSA) is 105 Å². The van der Waals surface area contributed by atoms with E-state index in [2.05, 4.69) is 14.9 Å². The predicted molar refractivity (Wildman–Crippen MR) is 104 cm³/mol. The van der Waals surface area contributed by atoms with Crippen LogP contribution in [0.1, 0.15) is 48.9 Å². The van der Waals surface area contributed by atoms with Crippen LogP contribution in [0, 0.1) is 5.92 Å². The average molecular weight is 402 g/mol. The van der Waals surface area contributed by atoms with Crippen LogP contribution < -0.4 is 5.32 Å². The van der Waals surface area contributed by atoms with Crippen LogP contribution in [0.15, 0.2) is 44.1 Å². The van der Waals surface area contributed by atoms with Gasteiger partial charge < -0.3 is 14.7 Å². The largest absolute Gasteiger partial charge is 0.351 e. The van der Waals surface area contributed by atoms with E-state index in [-0.39, 0.29) is 28.4 Å². The second kappa shape index (κ2) is 7.05. The number of hydrogen-bond acceptors (Lipinski definition) is 6. The number of carbonyl (C=O) groups excluding carboxylic acids is 1. The highest BCUT2D eigenvalue weighted by atomic mass is 32.2. The Labute approximate surface area is 163 Å². The van der Waals surface area contributed by atoms with Gasteiger partial charge in [-0.2, -0.15) is 8.42 Å². The maximum atomic E-state index is 12.8. The van der Waals surface area contributed by atoms with E-state index in [0.717, 1.165) is 18.5 Å². The molecule has 1 N–H and O–H groups in total. The van der Waals surface area contributed by atoms with Gasteiger partial charge in [0.25, 0.3) is 15.9 Å². The van der Waals surface area contributed by atoms with Crippen molar-refractivity contribution in [3.05, 3.63) is 41.8 Å². The van der Waals surface area contributed by atoms with Crippen LogP contribution in [0.3, 0.4) is 0 Å². The zero-order chi connectivity index (χ0) is 19.9. The molecule has 1 fully saturated rings. The minimum absolute atomic E-state index is 0.172. The first-order chi connectivity index (χ1) is 13.3. The van der Waals surface area contributed by atoms with Crippen LogP contribution in [-0.4, -0.2) is 43.3 Å². The molecule has 9 heteroatoms. The molecule has 1 atom stereocenters. The fraction of sp³-hybridized carbons (Fsp3) is 0.421. The summed E-state index contributed by atoms with van der Waals surface area (Å²) in [6.45, 7) is 4.92. The van der Waals surface area contributed by atoms with Crippen LogP contribution in [0.5, 0.6) is 0 Å². The van der Waals surface area contributed by atoms with Crippen molar-refractivity contribution >= 4 is 27.5 Å². The molecule has 148 valence electrons. The standard InChI is InChI=1S/C19H22N4O4S/c1-12(2)15-10-16(27-21-15)19(24)23-9-5-6-13(11-23)18-20-14-7-3-4-8-17(14)28(25,26)22-18/h3-4,7-8,10,12-13H,5-6,9,11H2,1-2H3,(H,20,22)/t13-/m1/s1. The van der Waals surface area contributed by atoms with E-state index in [1.54, 1.807) is 29.2 Å². The molecule has 2 aliphatic heterocycles. The van der Waals surface area contributed by atoms with Gasteiger partial charge in [0.15, 0.2) is 0 Å². The zero-order valence-corrected chi connectivity index (χ0v) is 16.6. The molecule has 0 aliphatic carbocycles. The summed E-state index contributed by atoms with van der Waals surface area (Å²) in [4.78, 5) is 14.7. The first-order valence-corrected chi connectivity index (χ1v) is 10.8. The number of benzene rings is 1. The van der Waals surface area contributed by atoms with Crippen molar-refractivity contribution in [2.24, 2.45) is 10.3 Å². The Morgan fingerprint density at radius 2 is 2.11 bits per heavy atom. The third-order valence-electron chi connectivity index (χ3n) is 5.07. The molecule has 0 radical (unpaired) electrons. The van der Waals surface area contributed by atoms with Gasteiger partial charge in [-0.15, -0.1) is 4.40 Å². The molecule has 0 bridgehead atoms. The van der Waals surface area contributed by atoms with Crippen LogP contribution in [0.2, 0.25) is 0 Å². The van der Waals surface area contributed by atoms with E-state index in [4.69, 9.17) is 4.52 Å². The predicted octanol–water partition coefficient (Wildman–Crippen LogP) is 2.86. The molecule has 8 nitrogen and oxygen atoms in total. The van der Waals surface area contributed by atoms with Crippen molar-refractivity contribution in [3.8, 4) is 0 Å². The first kappa shape index (κ1) is 18.7. The van der Waals surface area contributed by atoms with Gasteiger partial charge in [-0.25, -0.2) is 0 Å². The Morgan fingerprint density at radius 3 is 2.86 bits per heavy atom. The smallest absolute Gasteiger partial charge is 0.292 e. The van der Waals surface area contributed by atoms with E-state index >= 15 is 0 Å². The number of fused-ring (bicyclic) bond motifs is 1. The molecular formula is C19H22N4O4S. The Hall–Kier alpha value is -2.68. The molecule has 2 aromatic rings. The minimum atomic E-state index is -3.74. The van der Waals surface area contributed by atoms with Gasteiger partial charge >= 0.3 is 0 Å². The van der Waals surface area contributed by atoms with Crippen LogP contribution >= 0.6 is 0 Å². The molecule has 28 heavy (non-hydrogen) atoms. The molecule has 2 aliphatic rings. The fourth-order valence-corrected chi connectivity index (χ4v) is 4.71. The number of nitrogens with zero attached hydrogens (tertiary/aromatic N) is 3. The van der Waals surface area contributed by atoms with Crippen molar-refractivity contribution in [1.29, 1.82) is 0 Å². The highest BCUT2D eigenvalue weighted by Crippen LogP contribution is 2.30. The van der Waals surface area contributed by atoms with Gasteiger partial charge in [-0.05, 0) is 30.9 Å². The van der Waals surface area contributed by atoms with Gasteiger partial charge in [0, 0.05) is 25.1 Å². The Bertz CT molecular complexity index is 1040. The summed E-state index contributed by atoms with van der Waals surface area (Å²) in [5.41, 5.74) is 1.26. The van der Waals surface area contributed by atoms with E-state index in [9.17, 15) is 13.2 Å². The maximum Gasteiger partial charge on any atom is 0.292 e. The van der Waals surface area contributed by atoms with Crippen molar-refractivity contribution < 1.29 is 17.7 Å². The van der Waals surface area contributed by atoms with E-state index in [1.165, 1.54) is 6.07 Å². The van der Waals surface area contributed by atoms with Crippen LogP contribution in [0.25, 0.3) is 0 Å². The maximum absolute atomic E-state index is 12.8. The Balaban J connectivity index is 1.54. The van der Waals surface area contributed by atoms with E-state index in [0.29, 0.717) is 24.6 Å². The molecule has 1 aromatic heterocycles. The lowest BCUT2D eigenvalue weighted by molar-refractivity contribution is 0.0661. The molecule has 0 spiro atoms. The third-order valence-corrected chi connectivity index (χ3v) is 6.42. The summed E-state index contributed by atoms with van der Waals surface area (Å²) in [6, 6.07) is 8.37. The lowest BCUT2D eigenvalue weighted by Crippen LogP contribution is -2.44. The van der Waals surface area contributed by atoms with Crippen molar-refractivity contribution in [2.75, 3.05) is 18.4 Å². The number of carbonyl (C=O) groups is 1. The highest BCUT2D eigenvalue weighted by molar-refractivity contribution is 7.90. The number of piperidine rings is 1. The SMILES string of the molecule is CC(C)c1cc(C(=O)N2CCC[C@@H](C3=NS(=O)(=O)c4ccccc4N3)C2)on1. The van der Waals surface area contributed by atoms with E-state index in [1.807, 2.05) is 13.8 Å². The van der Waals surface area contributed by atoms with Crippen molar-refractivity contribution in [1.82, 2.24) is 10.1 Å². The molecule has 1 saturated heterocycles. The monoisotopic (exact) mass is 402 g/mol. The summed E-state index contributed by atoms with van der Waals surface area (Å²) in [5, 5.41) is 7.08. The lowest BCUT2D eigenvalue weighted by Gasteiger charge is -2.34. The number of likely N-dealkylation sites (tertiary alicyclic amines) is 1. The number of nitrogens with one attached hydrogen (secondary N) is 1. The summed E-state index contributed by atoms with van der Waals surface area (Å²) in [6.07, 6.45) is 1.50. The minimum Gasteiger partial charge on any atom is -0.351 e. The average Bonchev–Trinajstić information content (AvgIpc) is 3.17. The fourth-order valence-electron chi connectivity index (χ4n) is 3.51. The Kier molecular flexibility index (Phi) is 4.70. The summed E-state index contributed by atoms with van der Waals surface area (Å²) < 4.78 is 34.2. The van der Waals surface area contributed by atoms with Gasteiger partial charge in [0.1, 0.15) is 10.7 Å². The van der Waals surface area contributed by atoms with Crippen LogP contribution in [0.4, 0.5) is 5.69 Å². The Morgan fingerprint density at radius 1 is 1.32 bits per heavy atom. The summed E-state index contributed by atoms with van der Waals surface area (Å²) in [7, 11) is -3.74. The molecule has 3 heterocycles.